The van der Waals surface area contributed by atoms with Crippen LogP contribution in [0.15, 0.2) is 41.5 Å². The van der Waals surface area contributed by atoms with Crippen LogP contribution in [0.25, 0.3) is 11.4 Å². The molecule has 0 atom stereocenters. The lowest BCUT2D eigenvalue weighted by molar-refractivity contribution is -0.113. The van der Waals surface area contributed by atoms with Gasteiger partial charge in [0.1, 0.15) is 5.51 Å². The highest BCUT2D eigenvalue weighted by Gasteiger charge is 2.16. The van der Waals surface area contributed by atoms with Crippen LogP contribution in [0.5, 0.6) is 0 Å². The van der Waals surface area contributed by atoms with Gasteiger partial charge in [-0.3, -0.25) is 14.7 Å². The second-order valence-electron chi connectivity index (χ2n) is 4.92. The molecule has 26 heavy (non-hydrogen) atoms. The molecule has 0 fully saturated rings. The lowest BCUT2D eigenvalue weighted by atomic mass is 10.2. The van der Waals surface area contributed by atoms with E-state index in [-0.39, 0.29) is 11.7 Å². The summed E-state index contributed by atoms with van der Waals surface area (Å²) in [6.07, 6.45) is 1.73. The molecule has 2 aromatic heterocycles. The molecular weight excluding hydrogens is 415 g/mol. The molecule has 0 aliphatic heterocycles. The zero-order valence-electron chi connectivity index (χ0n) is 13.2. The van der Waals surface area contributed by atoms with E-state index in [1.165, 1.54) is 23.1 Å². The van der Waals surface area contributed by atoms with Crippen LogP contribution in [0.2, 0.25) is 10.0 Å². The Labute approximate surface area is 167 Å². The van der Waals surface area contributed by atoms with Crippen LogP contribution in [0, 0.1) is 0 Å². The van der Waals surface area contributed by atoms with Gasteiger partial charge in [-0.25, -0.2) is 0 Å². The summed E-state index contributed by atoms with van der Waals surface area (Å²) in [4.78, 5) is 12.0. The van der Waals surface area contributed by atoms with E-state index < -0.39 is 0 Å². The molecule has 1 amide bonds. The second-order valence-corrected chi connectivity index (χ2v) is 7.51. The summed E-state index contributed by atoms with van der Waals surface area (Å²) in [5, 5.41) is 20.5. The third-order valence-corrected chi connectivity index (χ3v) is 5.46. The van der Waals surface area contributed by atoms with Gasteiger partial charge in [-0.05, 0) is 18.2 Å². The molecule has 0 aliphatic carbocycles. The first-order valence-corrected chi connectivity index (χ1v) is 9.89. The summed E-state index contributed by atoms with van der Waals surface area (Å²) in [5.41, 5.74) is 2.33. The average Bonchev–Trinajstić information content (AvgIpc) is 3.26. The second kappa shape index (κ2) is 8.63. The number of rotatable bonds is 7. The van der Waals surface area contributed by atoms with Gasteiger partial charge in [0.25, 0.3) is 0 Å². The molecule has 0 bridgehead atoms. The van der Waals surface area contributed by atoms with Gasteiger partial charge in [-0.15, -0.1) is 27.0 Å². The van der Waals surface area contributed by atoms with Gasteiger partial charge in [0.15, 0.2) is 11.0 Å². The van der Waals surface area contributed by atoms with Crippen LogP contribution in [0.1, 0.15) is 0 Å². The number of hydrogen-bond donors (Lipinski definition) is 1. The summed E-state index contributed by atoms with van der Waals surface area (Å²) in [6, 6.07) is 5.24. The molecule has 0 saturated heterocycles. The molecule has 0 unspecified atom stereocenters. The van der Waals surface area contributed by atoms with E-state index in [9.17, 15) is 4.79 Å². The number of carbonyl (C=O) groups is 1. The SMILES string of the molecule is C=CCn1c(SCC(=O)Nc2nncs2)nnc1-c1ccc(Cl)c(Cl)c1. The molecule has 2 heterocycles. The van der Waals surface area contributed by atoms with E-state index in [1.807, 2.05) is 10.6 Å². The molecule has 0 spiro atoms. The minimum absolute atomic E-state index is 0.163. The van der Waals surface area contributed by atoms with Crippen molar-refractivity contribution in [1.29, 1.82) is 0 Å². The maximum Gasteiger partial charge on any atom is 0.236 e. The topological polar surface area (TPSA) is 85.6 Å². The zero-order valence-corrected chi connectivity index (χ0v) is 16.4. The molecule has 0 saturated carbocycles. The van der Waals surface area contributed by atoms with Gasteiger partial charge in [0.05, 0.1) is 15.8 Å². The number of carbonyl (C=O) groups excluding carboxylic acids is 1. The summed E-state index contributed by atoms with van der Waals surface area (Å²) >= 11 is 14.6. The minimum Gasteiger partial charge on any atom is -0.300 e. The average molecular weight is 427 g/mol. The third-order valence-electron chi connectivity index (χ3n) is 3.15. The molecule has 7 nitrogen and oxygen atoms in total. The Kier molecular flexibility index (Phi) is 6.25. The minimum atomic E-state index is -0.198. The van der Waals surface area contributed by atoms with Crippen LogP contribution in [0.3, 0.4) is 0 Å². The van der Waals surface area contributed by atoms with E-state index in [2.05, 4.69) is 32.3 Å². The number of benzene rings is 1. The van der Waals surface area contributed by atoms with Crippen LogP contribution in [-0.2, 0) is 11.3 Å². The van der Waals surface area contributed by atoms with E-state index in [4.69, 9.17) is 23.2 Å². The summed E-state index contributed by atoms with van der Waals surface area (Å²) in [7, 11) is 0. The van der Waals surface area contributed by atoms with Crippen LogP contribution in [-0.4, -0.2) is 36.6 Å². The zero-order chi connectivity index (χ0) is 18.5. The number of aromatic nitrogens is 5. The maximum atomic E-state index is 12.0. The Hall–Kier alpha value is -1.94. The fourth-order valence-electron chi connectivity index (χ4n) is 2.05. The Morgan fingerprint density at radius 1 is 1.31 bits per heavy atom. The van der Waals surface area contributed by atoms with Gasteiger partial charge in [-0.2, -0.15) is 0 Å². The largest absolute Gasteiger partial charge is 0.300 e. The third kappa shape index (κ3) is 4.42. The predicted molar refractivity (Wildman–Crippen MR) is 105 cm³/mol. The van der Waals surface area contributed by atoms with Crippen LogP contribution >= 0.6 is 46.3 Å². The first kappa shape index (κ1) is 18.8. The summed E-state index contributed by atoms with van der Waals surface area (Å²) in [5.74, 6) is 0.586. The number of halogens is 2. The van der Waals surface area contributed by atoms with Crippen molar-refractivity contribution < 1.29 is 4.79 Å². The van der Waals surface area contributed by atoms with E-state index >= 15 is 0 Å². The van der Waals surface area contributed by atoms with Gasteiger partial charge in [0.2, 0.25) is 11.0 Å². The molecule has 3 rings (SSSR count). The number of amides is 1. The van der Waals surface area contributed by atoms with E-state index in [1.54, 1.807) is 23.7 Å². The molecule has 1 aromatic carbocycles. The monoisotopic (exact) mass is 426 g/mol. The van der Waals surface area contributed by atoms with Crippen molar-refractivity contribution in [3.63, 3.8) is 0 Å². The quantitative estimate of drug-likeness (QED) is 0.453. The van der Waals surface area contributed by atoms with Gasteiger partial charge >= 0.3 is 0 Å². The molecule has 11 heteroatoms. The van der Waals surface area contributed by atoms with Crippen molar-refractivity contribution in [2.24, 2.45) is 0 Å². The van der Waals surface area contributed by atoms with Gasteiger partial charge in [-0.1, -0.05) is 52.4 Å². The van der Waals surface area contributed by atoms with Crippen molar-refractivity contribution in [2.75, 3.05) is 11.1 Å². The Balaban J connectivity index is 1.77. The number of allylic oxidation sites excluding steroid dienone is 1. The van der Waals surface area contributed by atoms with Crippen molar-refractivity contribution >= 4 is 57.3 Å². The fourth-order valence-corrected chi connectivity index (χ4v) is 3.56. The highest BCUT2D eigenvalue weighted by molar-refractivity contribution is 7.99. The van der Waals surface area contributed by atoms with E-state index in [0.717, 1.165) is 5.56 Å². The van der Waals surface area contributed by atoms with Gasteiger partial charge < -0.3 is 0 Å². The summed E-state index contributed by atoms with van der Waals surface area (Å²) < 4.78 is 1.86. The van der Waals surface area contributed by atoms with Crippen molar-refractivity contribution in [3.8, 4) is 11.4 Å². The number of nitrogens with zero attached hydrogens (tertiary/aromatic N) is 5. The maximum absolute atomic E-state index is 12.0. The molecule has 1 N–H and O–H groups in total. The van der Waals surface area contributed by atoms with Crippen molar-refractivity contribution in [3.05, 3.63) is 46.4 Å². The molecule has 0 radical (unpaired) electrons. The number of nitrogens with one attached hydrogen (secondary N) is 1. The Morgan fingerprint density at radius 2 is 2.15 bits per heavy atom. The molecule has 3 aromatic rings. The standard InChI is InChI=1S/C15H12Cl2N6OS2/c1-2-5-23-13(9-3-4-10(16)11(17)6-9)20-22-15(23)25-7-12(24)19-14-21-18-8-26-14/h2-4,6,8H,1,5,7H2,(H,19,21,24). The lowest BCUT2D eigenvalue weighted by Gasteiger charge is -2.08. The van der Waals surface area contributed by atoms with Crippen molar-refractivity contribution in [1.82, 2.24) is 25.0 Å². The lowest BCUT2D eigenvalue weighted by Crippen LogP contribution is -2.14. The molecular formula is C15H12Cl2N6OS2. The molecule has 134 valence electrons. The fraction of sp³-hybridized carbons (Fsp3) is 0.133. The molecule has 0 aliphatic rings. The Morgan fingerprint density at radius 3 is 2.85 bits per heavy atom. The summed E-state index contributed by atoms with van der Waals surface area (Å²) in [6.45, 7) is 4.25. The van der Waals surface area contributed by atoms with E-state index in [0.29, 0.717) is 32.7 Å². The number of thioether (sulfide) groups is 1. The predicted octanol–water partition coefficient (Wildman–Crippen LogP) is 4.02. The highest BCUT2D eigenvalue weighted by Crippen LogP contribution is 2.29. The van der Waals surface area contributed by atoms with Gasteiger partial charge in [0, 0.05) is 12.1 Å². The Bertz CT molecular complexity index is 928. The number of hydrogen-bond acceptors (Lipinski definition) is 7. The smallest absolute Gasteiger partial charge is 0.236 e. The van der Waals surface area contributed by atoms with Crippen molar-refractivity contribution in [2.45, 2.75) is 11.7 Å². The first-order chi connectivity index (χ1) is 12.6. The highest BCUT2D eigenvalue weighted by atomic mass is 35.5. The van der Waals surface area contributed by atoms with Crippen LogP contribution in [0.4, 0.5) is 5.13 Å². The number of anilines is 1. The first-order valence-electron chi connectivity index (χ1n) is 7.27. The van der Waals surface area contributed by atoms with Crippen LogP contribution < -0.4 is 5.32 Å². The normalized spacial score (nSPS) is 10.7.